The van der Waals surface area contributed by atoms with Crippen LogP contribution >= 0.6 is 0 Å². The highest BCUT2D eigenvalue weighted by molar-refractivity contribution is 5.81. The van der Waals surface area contributed by atoms with Crippen molar-refractivity contribution in [1.82, 2.24) is 25.1 Å². The Morgan fingerprint density at radius 2 is 2.11 bits per heavy atom. The van der Waals surface area contributed by atoms with Crippen LogP contribution < -0.4 is 0 Å². The van der Waals surface area contributed by atoms with Crippen LogP contribution in [0.25, 0.3) is 6.08 Å². The van der Waals surface area contributed by atoms with Crippen molar-refractivity contribution in [2.75, 3.05) is 19.7 Å². The highest BCUT2D eigenvalue weighted by Gasteiger charge is 2.43. The smallest absolute Gasteiger partial charge is 0.314 e. The third-order valence-corrected chi connectivity index (χ3v) is 4.95. The number of esters is 1. The molecule has 0 saturated carbocycles. The fraction of sp³-hybridized carbons (Fsp3) is 0.450. The van der Waals surface area contributed by atoms with E-state index in [2.05, 4.69) is 15.5 Å². The van der Waals surface area contributed by atoms with E-state index in [1.54, 1.807) is 11.8 Å². The molecule has 2 aromatic rings. The summed E-state index contributed by atoms with van der Waals surface area (Å²) in [6.45, 7) is 3.14. The van der Waals surface area contributed by atoms with Crippen LogP contribution in [0.15, 0.2) is 42.7 Å². The number of tetrazole rings is 1. The van der Waals surface area contributed by atoms with E-state index in [0.29, 0.717) is 32.5 Å². The summed E-state index contributed by atoms with van der Waals surface area (Å²) in [4.78, 5) is 27.2. The Bertz CT molecular complexity index is 807. The number of likely N-dealkylation sites (tertiary alicyclic amines) is 1. The van der Waals surface area contributed by atoms with E-state index in [0.717, 1.165) is 12.0 Å². The van der Waals surface area contributed by atoms with Crippen molar-refractivity contribution in [2.45, 2.75) is 32.7 Å². The molecule has 28 heavy (non-hydrogen) atoms. The quantitative estimate of drug-likeness (QED) is 0.679. The van der Waals surface area contributed by atoms with Gasteiger partial charge in [-0.05, 0) is 42.2 Å². The van der Waals surface area contributed by atoms with Gasteiger partial charge in [-0.15, -0.1) is 5.10 Å². The fourth-order valence-electron chi connectivity index (χ4n) is 3.52. The highest BCUT2D eigenvalue weighted by Crippen LogP contribution is 2.36. The summed E-state index contributed by atoms with van der Waals surface area (Å²) in [5.41, 5.74) is 0.347. The van der Waals surface area contributed by atoms with Crippen LogP contribution in [0.1, 0.15) is 31.7 Å². The Kier molecular flexibility index (Phi) is 6.52. The number of nitrogens with zero attached hydrogens (tertiary/aromatic N) is 5. The van der Waals surface area contributed by atoms with Gasteiger partial charge in [-0.2, -0.15) is 0 Å². The largest absolute Gasteiger partial charge is 0.466 e. The van der Waals surface area contributed by atoms with Crippen LogP contribution in [0.5, 0.6) is 0 Å². The van der Waals surface area contributed by atoms with Crippen molar-refractivity contribution in [3.8, 4) is 0 Å². The van der Waals surface area contributed by atoms with Gasteiger partial charge in [0.05, 0.1) is 12.0 Å². The Balaban J connectivity index is 1.73. The van der Waals surface area contributed by atoms with Crippen molar-refractivity contribution in [1.29, 1.82) is 0 Å². The average molecular weight is 383 g/mol. The van der Waals surface area contributed by atoms with Crippen LogP contribution in [0.4, 0.5) is 0 Å². The SMILES string of the molecule is CCOC(=O)C1(CC=Cc2ccccc2)CCCN(C(=O)Cn2cnnn2)C1. The minimum Gasteiger partial charge on any atom is -0.466 e. The van der Waals surface area contributed by atoms with Crippen molar-refractivity contribution < 1.29 is 14.3 Å². The van der Waals surface area contributed by atoms with Gasteiger partial charge in [0.25, 0.3) is 0 Å². The molecule has 148 valence electrons. The number of carbonyl (C=O) groups excluding carboxylic acids is 2. The van der Waals surface area contributed by atoms with Crippen molar-refractivity contribution in [2.24, 2.45) is 5.41 Å². The van der Waals surface area contributed by atoms with E-state index in [1.807, 2.05) is 42.5 Å². The number of aromatic nitrogens is 4. The van der Waals surface area contributed by atoms with Gasteiger partial charge in [-0.1, -0.05) is 42.5 Å². The maximum absolute atomic E-state index is 12.8. The highest BCUT2D eigenvalue weighted by atomic mass is 16.5. The number of carbonyl (C=O) groups is 2. The summed E-state index contributed by atoms with van der Waals surface area (Å²) in [6, 6.07) is 9.93. The summed E-state index contributed by atoms with van der Waals surface area (Å²) in [5.74, 6) is -0.347. The zero-order chi connectivity index (χ0) is 19.8. The first kappa shape index (κ1) is 19.7. The van der Waals surface area contributed by atoms with Gasteiger partial charge in [0.15, 0.2) is 0 Å². The molecule has 0 bridgehead atoms. The summed E-state index contributed by atoms with van der Waals surface area (Å²) < 4.78 is 6.76. The molecule has 8 heteroatoms. The molecule has 8 nitrogen and oxygen atoms in total. The average Bonchev–Trinajstić information content (AvgIpc) is 3.22. The molecule has 0 aliphatic carbocycles. The molecular weight excluding hydrogens is 358 g/mol. The molecular formula is C20H25N5O3. The van der Waals surface area contributed by atoms with Crippen LogP contribution in [0.2, 0.25) is 0 Å². The Morgan fingerprint density at radius 3 is 2.82 bits per heavy atom. The topological polar surface area (TPSA) is 90.2 Å². The monoisotopic (exact) mass is 383 g/mol. The summed E-state index contributed by atoms with van der Waals surface area (Å²) in [7, 11) is 0. The first-order valence-electron chi connectivity index (χ1n) is 9.50. The number of benzene rings is 1. The number of hydrogen-bond acceptors (Lipinski definition) is 6. The molecule has 1 aliphatic heterocycles. The summed E-state index contributed by atoms with van der Waals surface area (Å²) >= 11 is 0. The number of ether oxygens (including phenoxy) is 1. The molecule has 1 fully saturated rings. The van der Waals surface area contributed by atoms with E-state index in [-0.39, 0.29) is 18.4 Å². The third kappa shape index (κ3) is 4.82. The lowest BCUT2D eigenvalue weighted by atomic mass is 9.76. The molecule has 1 aromatic heterocycles. The van der Waals surface area contributed by atoms with Crippen molar-refractivity contribution in [3.63, 3.8) is 0 Å². The lowest BCUT2D eigenvalue weighted by molar-refractivity contribution is -0.160. The molecule has 1 atom stereocenters. The van der Waals surface area contributed by atoms with E-state index >= 15 is 0 Å². The molecule has 1 saturated heterocycles. The maximum atomic E-state index is 12.8. The van der Waals surface area contributed by atoms with Gasteiger partial charge in [0.1, 0.15) is 12.9 Å². The Hall–Kier alpha value is -3.03. The number of hydrogen-bond donors (Lipinski definition) is 0. The third-order valence-electron chi connectivity index (χ3n) is 4.95. The second kappa shape index (κ2) is 9.25. The van der Waals surface area contributed by atoms with E-state index in [4.69, 9.17) is 4.74 Å². The van der Waals surface area contributed by atoms with Gasteiger partial charge in [0.2, 0.25) is 5.91 Å². The molecule has 0 spiro atoms. The molecule has 1 amide bonds. The van der Waals surface area contributed by atoms with Crippen LogP contribution in [0, 0.1) is 5.41 Å². The molecule has 0 radical (unpaired) electrons. The fourth-order valence-corrected chi connectivity index (χ4v) is 3.52. The minimum absolute atomic E-state index is 0.0613. The van der Waals surface area contributed by atoms with E-state index in [9.17, 15) is 9.59 Å². The number of rotatable bonds is 7. The number of piperidine rings is 1. The normalized spacial score (nSPS) is 19.7. The van der Waals surface area contributed by atoms with Gasteiger partial charge in [-0.25, -0.2) is 4.68 Å². The van der Waals surface area contributed by atoms with Crippen LogP contribution in [-0.2, 0) is 20.9 Å². The minimum atomic E-state index is -0.726. The lowest BCUT2D eigenvalue weighted by Gasteiger charge is -2.40. The summed E-state index contributed by atoms with van der Waals surface area (Å²) in [5, 5.41) is 10.8. The first-order valence-corrected chi connectivity index (χ1v) is 9.50. The number of amides is 1. The van der Waals surface area contributed by atoms with Gasteiger partial charge >= 0.3 is 5.97 Å². The second-order valence-corrected chi connectivity index (χ2v) is 6.94. The van der Waals surface area contributed by atoms with Crippen LogP contribution in [-0.4, -0.2) is 56.7 Å². The molecule has 1 unspecified atom stereocenters. The van der Waals surface area contributed by atoms with E-state index < -0.39 is 5.41 Å². The van der Waals surface area contributed by atoms with E-state index in [1.165, 1.54) is 11.0 Å². The maximum Gasteiger partial charge on any atom is 0.314 e. The van der Waals surface area contributed by atoms with Gasteiger partial charge in [-0.3, -0.25) is 9.59 Å². The Morgan fingerprint density at radius 1 is 1.29 bits per heavy atom. The molecule has 3 rings (SSSR count). The molecule has 0 N–H and O–H groups in total. The zero-order valence-corrected chi connectivity index (χ0v) is 16.0. The van der Waals surface area contributed by atoms with Crippen LogP contribution in [0.3, 0.4) is 0 Å². The summed E-state index contributed by atoms with van der Waals surface area (Å²) in [6.07, 6.45) is 7.38. The number of allylic oxidation sites excluding steroid dienone is 1. The Labute approximate surface area is 164 Å². The second-order valence-electron chi connectivity index (χ2n) is 6.94. The molecule has 1 aliphatic rings. The predicted octanol–water partition coefficient (Wildman–Crippen LogP) is 1.95. The standard InChI is InChI=1S/C20H25N5O3/c1-2-28-19(27)20(11-6-10-17-8-4-3-5-9-17)12-7-13-24(15-20)18(26)14-25-16-21-22-23-25/h3-6,8-10,16H,2,7,11-15H2,1H3. The van der Waals surface area contributed by atoms with Gasteiger partial charge < -0.3 is 9.64 Å². The van der Waals surface area contributed by atoms with Gasteiger partial charge in [0, 0.05) is 13.1 Å². The van der Waals surface area contributed by atoms with Crippen molar-refractivity contribution in [3.05, 3.63) is 48.3 Å². The zero-order valence-electron chi connectivity index (χ0n) is 16.0. The molecule has 1 aromatic carbocycles. The lowest BCUT2D eigenvalue weighted by Crippen LogP contribution is -2.51. The predicted molar refractivity (Wildman–Crippen MR) is 103 cm³/mol. The first-order chi connectivity index (χ1) is 13.6. The van der Waals surface area contributed by atoms with Crippen molar-refractivity contribution >= 4 is 18.0 Å². The molecule has 2 heterocycles.